The number of hydrogen-bond donors (Lipinski definition) is 1. The van der Waals surface area contributed by atoms with Gasteiger partial charge in [-0.25, -0.2) is 14.8 Å². The fourth-order valence-electron chi connectivity index (χ4n) is 2.46. The van der Waals surface area contributed by atoms with Crippen molar-refractivity contribution in [3.05, 3.63) is 72.6 Å². The van der Waals surface area contributed by atoms with E-state index < -0.39 is 5.97 Å². The van der Waals surface area contributed by atoms with Gasteiger partial charge < -0.3 is 10.1 Å². The first-order valence-corrected chi connectivity index (χ1v) is 9.71. The maximum Gasteiger partial charge on any atom is 0.338 e. The molecule has 1 amide bonds. The monoisotopic (exact) mass is 393 g/mol. The van der Waals surface area contributed by atoms with Crippen LogP contribution in [-0.2, 0) is 9.53 Å². The molecule has 3 aromatic rings. The molecule has 0 unspecified atom stereocenters. The van der Waals surface area contributed by atoms with E-state index in [0.717, 1.165) is 11.3 Å². The number of thioether (sulfide) groups is 1. The Hall–Kier alpha value is -3.19. The standard InChI is InChI=1S/C21H19N3O3S/c1-2-27-21(26)16-9-6-10-17(11-16)24-19(25)13-28-20-12-18(22-14-23-20)15-7-4-3-5-8-15/h3-12,14H,2,13H2,1H3,(H,24,25). The fourth-order valence-corrected chi connectivity index (χ4v) is 3.13. The van der Waals surface area contributed by atoms with Gasteiger partial charge in [0.1, 0.15) is 11.4 Å². The molecule has 0 atom stereocenters. The lowest BCUT2D eigenvalue weighted by atomic mass is 10.1. The number of nitrogens with one attached hydrogen (secondary N) is 1. The Bertz CT molecular complexity index is 964. The van der Waals surface area contributed by atoms with Crippen LogP contribution in [-0.4, -0.2) is 34.2 Å². The van der Waals surface area contributed by atoms with E-state index in [1.807, 2.05) is 36.4 Å². The Morgan fingerprint density at radius 3 is 2.64 bits per heavy atom. The van der Waals surface area contributed by atoms with Gasteiger partial charge in [0.15, 0.2) is 0 Å². The molecule has 142 valence electrons. The lowest BCUT2D eigenvalue weighted by Gasteiger charge is -2.07. The highest BCUT2D eigenvalue weighted by Crippen LogP contribution is 2.22. The molecule has 0 radical (unpaired) electrons. The van der Waals surface area contributed by atoms with Gasteiger partial charge in [0.2, 0.25) is 5.91 Å². The molecule has 0 fully saturated rings. The van der Waals surface area contributed by atoms with Crippen molar-refractivity contribution in [2.75, 3.05) is 17.7 Å². The van der Waals surface area contributed by atoms with E-state index in [9.17, 15) is 9.59 Å². The summed E-state index contributed by atoms with van der Waals surface area (Å²) in [5, 5.41) is 3.50. The van der Waals surface area contributed by atoms with Crippen molar-refractivity contribution in [3.63, 3.8) is 0 Å². The molecule has 0 aliphatic carbocycles. The number of amides is 1. The summed E-state index contributed by atoms with van der Waals surface area (Å²) in [6.07, 6.45) is 1.49. The number of benzene rings is 2. The number of rotatable bonds is 7. The Labute approximate surface area is 167 Å². The number of esters is 1. The van der Waals surface area contributed by atoms with E-state index in [4.69, 9.17) is 4.74 Å². The van der Waals surface area contributed by atoms with E-state index in [1.54, 1.807) is 31.2 Å². The molecule has 3 rings (SSSR count). The van der Waals surface area contributed by atoms with E-state index in [1.165, 1.54) is 18.1 Å². The molecule has 0 aliphatic heterocycles. The SMILES string of the molecule is CCOC(=O)c1cccc(NC(=O)CSc2cc(-c3ccccc3)ncn2)c1. The lowest BCUT2D eigenvalue weighted by Crippen LogP contribution is -2.14. The highest BCUT2D eigenvalue weighted by Gasteiger charge is 2.10. The number of aromatic nitrogens is 2. The van der Waals surface area contributed by atoms with Crippen LogP contribution in [0.3, 0.4) is 0 Å². The van der Waals surface area contributed by atoms with Gasteiger partial charge in [-0.2, -0.15) is 0 Å². The van der Waals surface area contributed by atoms with Crippen molar-refractivity contribution in [1.29, 1.82) is 0 Å². The topological polar surface area (TPSA) is 81.2 Å². The number of ether oxygens (including phenoxy) is 1. The summed E-state index contributed by atoms with van der Waals surface area (Å²) in [6, 6.07) is 18.3. The van der Waals surface area contributed by atoms with Crippen LogP contribution in [0.2, 0.25) is 0 Å². The third kappa shape index (κ3) is 5.40. The summed E-state index contributed by atoms with van der Waals surface area (Å²) < 4.78 is 4.97. The number of carbonyl (C=O) groups is 2. The van der Waals surface area contributed by atoms with Crippen molar-refractivity contribution in [2.24, 2.45) is 0 Å². The Morgan fingerprint density at radius 1 is 1.04 bits per heavy atom. The van der Waals surface area contributed by atoms with Crippen LogP contribution in [0.1, 0.15) is 17.3 Å². The molecule has 2 aromatic carbocycles. The zero-order valence-corrected chi connectivity index (χ0v) is 16.1. The van der Waals surface area contributed by atoms with Crippen LogP contribution in [0.4, 0.5) is 5.69 Å². The maximum absolute atomic E-state index is 12.3. The minimum Gasteiger partial charge on any atom is -0.462 e. The summed E-state index contributed by atoms with van der Waals surface area (Å²) in [5.74, 6) is -0.414. The van der Waals surface area contributed by atoms with Gasteiger partial charge in [-0.3, -0.25) is 4.79 Å². The van der Waals surface area contributed by atoms with E-state index >= 15 is 0 Å². The first kappa shape index (κ1) is 19.6. The third-order valence-electron chi connectivity index (χ3n) is 3.72. The summed E-state index contributed by atoms with van der Waals surface area (Å²) in [4.78, 5) is 32.5. The lowest BCUT2D eigenvalue weighted by molar-refractivity contribution is -0.113. The van der Waals surface area contributed by atoms with Gasteiger partial charge in [-0.15, -0.1) is 0 Å². The molecule has 7 heteroatoms. The molecule has 1 heterocycles. The number of hydrogen-bond acceptors (Lipinski definition) is 6. The van der Waals surface area contributed by atoms with Crippen LogP contribution in [0.25, 0.3) is 11.3 Å². The molecular weight excluding hydrogens is 374 g/mol. The van der Waals surface area contributed by atoms with E-state index in [-0.39, 0.29) is 11.7 Å². The van der Waals surface area contributed by atoms with Gasteiger partial charge in [-0.1, -0.05) is 48.2 Å². The van der Waals surface area contributed by atoms with Crippen molar-refractivity contribution in [3.8, 4) is 11.3 Å². The number of carbonyl (C=O) groups excluding carboxylic acids is 2. The molecule has 6 nitrogen and oxygen atoms in total. The summed E-state index contributed by atoms with van der Waals surface area (Å²) in [7, 11) is 0. The van der Waals surface area contributed by atoms with Crippen LogP contribution in [0.15, 0.2) is 72.0 Å². The Balaban J connectivity index is 1.59. The van der Waals surface area contributed by atoms with Gasteiger partial charge in [0, 0.05) is 11.3 Å². The van der Waals surface area contributed by atoms with Crippen molar-refractivity contribution >= 4 is 29.3 Å². The van der Waals surface area contributed by atoms with Gasteiger partial charge in [0.25, 0.3) is 0 Å². The quantitative estimate of drug-likeness (QED) is 0.370. The minimum atomic E-state index is -0.414. The fraction of sp³-hybridized carbons (Fsp3) is 0.143. The smallest absolute Gasteiger partial charge is 0.338 e. The third-order valence-corrected chi connectivity index (χ3v) is 4.65. The normalized spacial score (nSPS) is 10.3. The largest absolute Gasteiger partial charge is 0.462 e. The molecule has 28 heavy (non-hydrogen) atoms. The molecule has 0 aliphatic rings. The average molecular weight is 393 g/mol. The van der Waals surface area contributed by atoms with Gasteiger partial charge >= 0.3 is 5.97 Å². The second-order valence-electron chi connectivity index (χ2n) is 5.75. The number of nitrogens with zero attached hydrogens (tertiary/aromatic N) is 2. The van der Waals surface area contributed by atoms with Crippen LogP contribution >= 0.6 is 11.8 Å². The summed E-state index contributed by atoms with van der Waals surface area (Å²) in [6.45, 7) is 2.05. The molecule has 0 saturated heterocycles. The van der Waals surface area contributed by atoms with E-state index in [0.29, 0.717) is 22.9 Å². The zero-order chi connectivity index (χ0) is 19.8. The van der Waals surface area contributed by atoms with Crippen molar-refractivity contribution in [1.82, 2.24) is 9.97 Å². The Morgan fingerprint density at radius 2 is 1.86 bits per heavy atom. The van der Waals surface area contributed by atoms with Crippen molar-refractivity contribution < 1.29 is 14.3 Å². The molecule has 1 aromatic heterocycles. The van der Waals surface area contributed by atoms with Crippen LogP contribution in [0, 0.1) is 0 Å². The Kier molecular flexibility index (Phi) is 6.75. The minimum absolute atomic E-state index is 0.189. The number of anilines is 1. The summed E-state index contributed by atoms with van der Waals surface area (Å²) in [5.41, 5.74) is 2.74. The van der Waals surface area contributed by atoms with Crippen LogP contribution < -0.4 is 5.32 Å². The summed E-state index contributed by atoms with van der Waals surface area (Å²) >= 11 is 1.32. The van der Waals surface area contributed by atoms with Gasteiger partial charge in [0.05, 0.1) is 23.6 Å². The first-order chi connectivity index (χ1) is 13.7. The predicted octanol–water partition coefficient (Wildman–Crippen LogP) is 4.05. The predicted molar refractivity (Wildman–Crippen MR) is 109 cm³/mol. The first-order valence-electron chi connectivity index (χ1n) is 8.73. The molecule has 0 bridgehead atoms. The molecule has 0 spiro atoms. The second kappa shape index (κ2) is 9.66. The molecule has 1 N–H and O–H groups in total. The van der Waals surface area contributed by atoms with Crippen LogP contribution in [0.5, 0.6) is 0 Å². The molecule has 0 saturated carbocycles. The van der Waals surface area contributed by atoms with Gasteiger partial charge in [-0.05, 0) is 31.2 Å². The average Bonchev–Trinajstić information content (AvgIpc) is 2.73. The highest BCUT2D eigenvalue weighted by molar-refractivity contribution is 7.99. The maximum atomic E-state index is 12.3. The highest BCUT2D eigenvalue weighted by atomic mass is 32.2. The van der Waals surface area contributed by atoms with E-state index in [2.05, 4.69) is 15.3 Å². The molecular formula is C21H19N3O3S. The van der Waals surface area contributed by atoms with Crippen molar-refractivity contribution in [2.45, 2.75) is 11.9 Å². The zero-order valence-electron chi connectivity index (χ0n) is 15.3. The second-order valence-corrected chi connectivity index (χ2v) is 6.74.